The SMILES string of the molecule is CN1CCC(c2c(O)cc(O)c3c(=O)cc(/C=C/c4ccccc4)oc23)C(N=O)C1. The molecule has 0 bridgehead atoms. The Bertz CT molecular complexity index is 1170. The molecule has 1 aliphatic heterocycles. The average Bonchev–Trinajstić information content (AvgIpc) is 2.73. The van der Waals surface area contributed by atoms with Crippen LogP contribution in [0.2, 0.25) is 0 Å². The van der Waals surface area contributed by atoms with Crippen LogP contribution < -0.4 is 5.43 Å². The number of nitrogens with zero attached hydrogens (tertiary/aromatic N) is 2. The average molecular weight is 406 g/mol. The highest BCUT2D eigenvalue weighted by molar-refractivity contribution is 5.89. The lowest BCUT2D eigenvalue weighted by Gasteiger charge is -2.33. The third-order valence-corrected chi connectivity index (χ3v) is 5.55. The van der Waals surface area contributed by atoms with Crippen LogP contribution in [0.4, 0.5) is 0 Å². The highest BCUT2D eigenvalue weighted by Gasteiger charge is 2.34. The highest BCUT2D eigenvalue weighted by Crippen LogP contribution is 2.42. The molecule has 0 radical (unpaired) electrons. The van der Waals surface area contributed by atoms with E-state index in [0.29, 0.717) is 25.1 Å². The monoisotopic (exact) mass is 406 g/mol. The van der Waals surface area contributed by atoms with Gasteiger partial charge in [0.25, 0.3) is 0 Å². The van der Waals surface area contributed by atoms with Gasteiger partial charge in [0.2, 0.25) is 0 Å². The van der Waals surface area contributed by atoms with Crippen molar-refractivity contribution in [1.29, 1.82) is 0 Å². The molecule has 1 fully saturated rings. The Morgan fingerprint density at radius 1 is 1.13 bits per heavy atom. The molecule has 30 heavy (non-hydrogen) atoms. The number of rotatable bonds is 4. The summed E-state index contributed by atoms with van der Waals surface area (Å²) in [6, 6.07) is 11.4. The van der Waals surface area contributed by atoms with Crippen molar-refractivity contribution in [3.8, 4) is 11.5 Å². The Kier molecular flexibility index (Phi) is 5.37. The van der Waals surface area contributed by atoms with Gasteiger partial charge < -0.3 is 19.5 Å². The number of likely N-dealkylation sites (tertiary alicyclic amines) is 1. The number of nitroso groups, excluding NO2 is 1. The minimum Gasteiger partial charge on any atom is -0.507 e. The van der Waals surface area contributed by atoms with Gasteiger partial charge >= 0.3 is 0 Å². The van der Waals surface area contributed by atoms with E-state index in [-0.39, 0.29) is 28.2 Å². The number of aromatic hydroxyl groups is 2. The summed E-state index contributed by atoms with van der Waals surface area (Å²) in [5, 5.41) is 24.1. The van der Waals surface area contributed by atoms with Crippen molar-refractivity contribution < 1.29 is 14.6 Å². The number of phenolic OH excluding ortho intramolecular Hbond substituents is 2. The van der Waals surface area contributed by atoms with Gasteiger partial charge in [0.05, 0.1) is 0 Å². The molecule has 2 unspecified atom stereocenters. The van der Waals surface area contributed by atoms with Gasteiger partial charge in [-0.15, -0.1) is 0 Å². The molecule has 154 valence electrons. The molecule has 2 N–H and O–H groups in total. The number of benzene rings is 2. The molecule has 1 aromatic heterocycles. The maximum atomic E-state index is 12.8. The molecule has 0 spiro atoms. The molecule has 2 heterocycles. The van der Waals surface area contributed by atoms with Crippen molar-refractivity contribution in [2.75, 3.05) is 20.1 Å². The van der Waals surface area contributed by atoms with E-state index in [0.717, 1.165) is 11.6 Å². The second-order valence-corrected chi connectivity index (χ2v) is 7.62. The lowest BCUT2D eigenvalue weighted by Crippen LogP contribution is -2.39. The molecule has 1 saturated heterocycles. The third-order valence-electron chi connectivity index (χ3n) is 5.55. The van der Waals surface area contributed by atoms with Gasteiger partial charge in [0.1, 0.15) is 34.3 Å². The molecular formula is C23H22N2O5. The van der Waals surface area contributed by atoms with E-state index in [4.69, 9.17) is 4.42 Å². The van der Waals surface area contributed by atoms with Crippen LogP contribution in [0.1, 0.15) is 29.2 Å². The van der Waals surface area contributed by atoms with Gasteiger partial charge in [-0.05, 0) is 31.7 Å². The van der Waals surface area contributed by atoms with Crippen LogP contribution in [0, 0.1) is 4.91 Å². The first-order valence-corrected chi connectivity index (χ1v) is 9.74. The minimum absolute atomic E-state index is 0.0109. The van der Waals surface area contributed by atoms with Crippen molar-refractivity contribution in [1.82, 2.24) is 4.90 Å². The fourth-order valence-corrected chi connectivity index (χ4v) is 4.06. The molecule has 7 nitrogen and oxygen atoms in total. The summed E-state index contributed by atoms with van der Waals surface area (Å²) in [6.45, 7) is 1.14. The van der Waals surface area contributed by atoms with Crippen molar-refractivity contribution in [3.05, 3.63) is 74.5 Å². The van der Waals surface area contributed by atoms with E-state index in [9.17, 15) is 19.9 Å². The summed E-state index contributed by atoms with van der Waals surface area (Å²) in [4.78, 5) is 26.2. The maximum absolute atomic E-state index is 12.8. The topological polar surface area (TPSA) is 103 Å². The summed E-state index contributed by atoms with van der Waals surface area (Å²) in [7, 11) is 1.90. The molecule has 1 aliphatic rings. The number of piperidine rings is 1. The van der Waals surface area contributed by atoms with E-state index < -0.39 is 17.4 Å². The summed E-state index contributed by atoms with van der Waals surface area (Å²) >= 11 is 0. The van der Waals surface area contributed by atoms with Gasteiger partial charge in [-0.3, -0.25) is 4.79 Å². The van der Waals surface area contributed by atoms with E-state index in [1.165, 1.54) is 6.07 Å². The zero-order chi connectivity index (χ0) is 21.3. The van der Waals surface area contributed by atoms with Crippen LogP contribution in [-0.2, 0) is 0 Å². The Morgan fingerprint density at radius 3 is 2.63 bits per heavy atom. The Labute approximate surface area is 172 Å². The van der Waals surface area contributed by atoms with Crippen LogP contribution in [0.25, 0.3) is 23.1 Å². The summed E-state index contributed by atoms with van der Waals surface area (Å²) in [5.74, 6) is -0.706. The van der Waals surface area contributed by atoms with Crippen molar-refractivity contribution >= 4 is 23.1 Å². The van der Waals surface area contributed by atoms with E-state index in [2.05, 4.69) is 5.18 Å². The number of fused-ring (bicyclic) bond motifs is 1. The molecule has 2 aromatic carbocycles. The lowest BCUT2D eigenvalue weighted by molar-refractivity contribution is 0.226. The lowest BCUT2D eigenvalue weighted by atomic mass is 9.84. The number of hydrogen-bond donors (Lipinski definition) is 2. The highest BCUT2D eigenvalue weighted by atomic mass is 16.3. The van der Waals surface area contributed by atoms with Crippen LogP contribution in [-0.4, -0.2) is 41.3 Å². The van der Waals surface area contributed by atoms with Gasteiger partial charge in [-0.1, -0.05) is 41.6 Å². The maximum Gasteiger partial charge on any atom is 0.197 e. The summed E-state index contributed by atoms with van der Waals surface area (Å²) < 4.78 is 5.97. The summed E-state index contributed by atoms with van der Waals surface area (Å²) in [5.41, 5.74) is 0.939. The fraction of sp³-hybridized carbons (Fsp3) is 0.261. The normalized spacial score (nSPS) is 20.0. The van der Waals surface area contributed by atoms with Crippen LogP contribution in [0.5, 0.6) is 11.5 Å². The molecule has 0 saturated carbocycles. The zero-order valence-corrected chi connectivity index (χ0v) is 16.5. The standard InChI is InChI=1S/C23H22N2O5/c1-25-10-9-16(17(13-25)24-29)21-19(27)12-20(28)22-18(26)11-15(30-23(21)22)8-7-14-5-3-2-4-6-14/h2-8,11-12,16-17,27-28H,9-10,13H2,1H3/b8-7+. The van der Waals surface area contributed by atoms with Gasteiger partial charge in [0.15, 0.2) is 5.43 Å². The first-order valence-electron chi connectivity index (χ1n) is 9.74. The second-order valence-electron chi connectivity index (χ2n) is 7.62. The van der Waals surface area contributed by atoms with E-state index in [1.54, 1.807) is 12.2 Å². The molecule has 3 aromatic rings. The Morgan fingerprint density at radius 2 is 1.90 bits per heavy atom. The number of likely N-dealkylation sites (N-methyl/N-ethyl adjacent to an activating group) is 1. The van der Waals surface area contributed by atoms with Gasteiger partial charge in [-0.2, -0.15) is 4.91 Å². The van der Waals surface area contributed by atoms with E-state index >= 15 is 0 Å². The molecule has 2 atom stereocenters. The molecule has 7 heteroatoms. The van der Waals surface area contributed by atoms with Gasteiger partial charge in [-0.25, -0.2) is 0 Å². The predicted octanol–water partition coefficient (Wildman–Crippen LogP) is 3.93. The molecule has 0 amide bonds. The molecule has 4 rings (SSSR count). The van der Waals surface area contributed by atoms with Crippen LogP contribution in [0.15, 0.2) is 56.9 Å². The van der Waals surface area contributed by atoms with Crippen molar-refractivity contribution in [2.45, 2.75) is 18.4 Å². The smallest absolute Gasteiger partial charge is 0.197 e. The predicted molar refractivity (Wildman–Crippen MR) is 116 cm³/mol. The zero-order valence-electron chi connectivity index (χ0n) is 16.5. The van der Waals surface area contributed by atoms with E-state index in [1.807, 2.05) is 42.3 Å². The second kappa shape index (κ2) is 8.12. The van der Waals surface area contributed by atoms with Crippen LogP contribution in [0.3, 0.4) is 0 Å². The number of phenols is 2. The van der Waals surface area contributed by atoms with Crippen molar-refractivity contribution in [3.63, 3.8) is 0 Å². The third kappa shape index (κ3) is 3.71. The quantitative estimate of drug-likeness (QED) is 0.637. The van der Waals surface area contributed by atoms with Crippen molar-refractivity contribution in [2.24, 2.45) is 5.18 Å². The Balaban J connectivity index is 1.88. The number of hydrogen-bond acceptors (Lipinski definition) is 7. The fourth-order valence-electron chi connectivity index (χ4n) is 4.06. The Hall–Kier alpha value is -3.45. The first kappa shape index (κ1) is 19.8. The minimum atomic E-state index is -0.601. The first-order chi connectivity index (χ1) is 14.5. The largest absolute Gasteiger partial charge is 0.507 e. The van der Waals surface area contributed by atoms with Gasteiger partial charge in [0, 0.05) is 30.2 Å². The van der Waals surface area contributed by atoms with Crippen LogP contribution >= 0.6 is 0 Å². The summed E-state index contributed by atoms with van der Waals surface area (Å²) in [6.07, 6.45) is 4.02. The molecular weight excluding hydrogens is 384 g/mol. The molecule has 0 aliphatic carbocycles.